The molecule has 0 heterocycles. The van der Waals surface area contributed by atoms with Crippen LogP contribution in [0.2, 0.25) is 0 Å². The highest BCUT2D eigenvalue weighted by molar-refractivity contribution is 14.1. The van der Waals surface area contributed by atoms with Crippen LogP contribution >= 0.6 is 38.5 Å². The first-order chi connectivity index (χ1) is 17.9. The number of hydrazone groups is 1. The molecule has 0 radical (unpaired) electrons. The summed E-state index contributed by atoms with van der Waals surface area (Å²) in [6, 6.07) is 20.2. The summed E-state index contributed by atoms with van der Waals surface area (Å²) in [6.45, 7) is 2.35. The van der Waals surface area contributed by atoms with Crippen molar-refractivity contribution in [3.8, 4) is 11.5 Å². The van der Waals surface area contributed by atoms with Crippen LogP contribution in [-0.4, -0.2) is 31.9 Å². The Morgan fingerprint density at radius 3 is 2.51 bits per heavy atom. The van der Waals surface area contributed by atoms with Gasteiger partial charge in [-0.15, -0.1) is 0 Å². The molecule has 0 fully saturated rings. The molecule has 0 aliphatic heterocycles. The highest BCUT2D eigenvalue weighted by atomic mass is 127. The van der Waals surface area contributed by atoms with Gasteiger partial charge in [-0.3, -0.25) is 4.79 Å². The van der Waals surface area contributed by atoms with Crippen molar-refractivity contribution in [3.63, 3.8) is 0 Å². The van der Waals surface area contributed by atoms with Gasteiger partial charge in [0.2, 0.25) is 5.91 Å². The Morgan fingerprint density at radius 1 is 1.11 bits per heavy atom. The highest BCUT2D eigenvalue weighted by Crippen LogP contribution is 2.34. The predicted molar refractivity (Wildman–Crippen MR) is 154 cm³/mol. The second-order valence-corrected chi connectivity index (χ2v) is 9.85. The number of halogens is 2. The number of methoxy groups -OCH3 is 1. The maximum absolute atomic E-state index is 12.6. The van der Waals surface area contributed by atoms with Gasteiger partial charge in [-0.2, -0.15) is 5.10 Å². The Balaban J connectivity index is 1.63. The predicted octanol–water partition coefficient (Wildman–Crippen LogP) is 5.97. The van der Waals surface area contributed by atoms with E-state index in [2.05, 4.69) is 54.4 Å². The molecule has 2 N–H and O–H groups in total. The largest absolute Gasteiger partial charge is 0.493 e. The smallest absolute Gasteiger partial charge is 0.407 e. The lowest BCUT2D eigenvalue weighted by atomic mass is 10.0. The highest BCUT2D eigenvalue weighted by Gasteiger charge is 2.19. The average molecular weight is 680 g/mol. The minimum Gasteiger partial charge on any atom is -0.493 e. The minimum atomic E-state index is -0.586. The van der Waals surface area contributed by atoms with Crippen molar-refractivity contribution in [1.29, 1.82) is 0 Å². The number of ether oxygens (including phenoxy) is 3. The van der Waals surface area contributed by atoms with Gasteiger partial charge in [0.25, 0.3) is 0 Å². The van der Waals surface area contributed by atoms with E-state index in [1.54, 1.807) is 20.1 Å². The number of amides is 2. The van der Waals surface area contributed by atoms with Gasteiger partial charge in [-0.05, 0) is 70.5 Å². The molecule has 2 amide bonds. The number of carbonyl (C=O) groups is 2. The first-order valence-corrected chi connectivity index (χ1v) is 13.3. The number of carbonyl (C=O) groups excluding carboxylic acids is 2. The van der Waals surface area contributed by atoms with E-state index >= 15 is 0 Å². The van der Waals surface area contributed by atoms with Gasteiger partial charge < -0.3 is 19.5 Å². The number of nitrogens with zero attached hydrogens (tertiary/aromatic N) is 1. The van der Waals surface area contributed by atoms with Crippen molar-refractivity contribution in [3.05, 3.63) is 91.5 Å². The van der Waals surface area contributed by atoms with Crippen molar-refractivity contribution in [2.75, 3.05) is 13.7 Å². The van der Waals surface area contributed by atoms with Crippen molar-refractivity contribution in [1.82, 2.24) is 10.7 Å². The summed E-state index contributed by atoms with van der Waals surface area (Å²) in [4.78, 5) is 24.5. The zero-order valence-corrected chi connectivity index (χ0v) is 24.1. The molecule has 0 unspecified atom stereocenters. The molecule has 0 saturated carbocycles. The van der Waals surface area contributed by atoms with Crippen molar-refractivity contribution >= 4 is 56.7 Å². The molecule has 0 saturated heterocycles. The third-order valence-corrected chi connectivity index (χ3v) is 6.44. The Hall–Kier alpha value is -3.12. The van der Waals surface area contributed by atoms with Crippen LogP contribution in [0.4, 0.5) is 4.79 Å². The van der Waals surface area contributed by atoms with E-state index in [-0.39, 0.29) is 18.9 Å². The maximum atomic E-state index is 12.6. The summed E-state index contributed by atoms with van der Waals surface area (Å²) in [5.41, 5.74) is 5.06. The van der Waals surface area contributed by atoms with E-state index in [9.17, 15) is 9.59 Å². The van der Waals surface area contributed by atoms with Gasteiger partial charge >= 0.3 is 6.09 Å². The molecule has 3 aromatic carbocycles. The molecule has 0 aromatic heterocycles. The number of hydrogen-bond acceptors (Lipinski definition) is 6. The van der Waals surface area contributed by atoms with E-state index in [0.29, 0.717) is 18.1 Å². The van der Waals surface area contributed by atoms with Gasteiger partial charge in [0.15, 0.2) is 11.5 Å². The van der Waals surface area contributed by atoms with Gasteiger partial charge in [0.05, 0.1) is 36.0 Å². The van der Waals surface area contributed by atoms with Crippen LogP contribution in [0.15, 0.2) is 76.3 Å². The summed E-state index contributed by atoms with van der Waals surface area (Å²) >= 11 is 5.60. The molecule has 0 aliphatic carbocycles. The molecule has 10 heteroatoms. The monoisotopic (exact) mass is 679 g/mol. The third-order valence-electron chi connectivity index (χ3n) is 5.11. The van der Waals surface area contributed by atoms with Crippen molar-refractivity contribution in [2.45, 2.75) is 26.0 Å². The molecular weight excluding hydrogens is 653 g/mol. The molecule has 1 atom stereocenters. The fourth-order valence-electron chi connectivity index (χ4n) is 3.35. The number of nitrogens with one attached hydrogen (secondary N) is 2. The summed E-state index contributed by atoms with van der Waals surface area (Å²) in [5, 5.41) is 6.80. The zero-order valence-electron chi connectivity index (χ0n) is 20.4. The van der Waals surface area contributed by atoms with E-state index in [4.69, 9.17) is 14.2 Å². The average Bonchev–Trinajstić information content (AvgIpc) is 2.89. The van der Waals surface area contributed by atoms with Gasteiger partial charge in [0.1, 0.15) is 6.61 Å². The molecule has 3 rings (SSSR count). The minimum absolute atomic E-state index is 0.0101. The molecule has 3 aromatic rings. The summed E-state index contributed by atoms with van der Waals surface area (Å²) in [6.07, 6.45) is 0.929. The Morgan fingerprint density at radius 2 is 1.84 bits per heavy atom. The topological polar surface area (TPSA) is 98.2 Å². The zero-order chi connectivity index (χ0) is 26.6. The van der Waals surface area contributed by atoms with Crippen LogP contribution in [0.25, 0.3) is 0 Å². The van der Waals surface area contributed by atoms with Crippen LogP contribution in [0.3, 0.4) is 0 Å². The third kappa shape index (κ3) is 9.04. The van der Waals surface area contributed by atoms with E-state index < -0.39 is 12.1 Å². The van der Waals surface area contributed by atoms with Crippen LogP contribution in [-0.2, 0) is 16.1 Å². The Labute approximate surface area is 238 Å². The van der Waals surface area contributed by atoms with E-state index in [1.165, 1.54) is 6.21 Å². The van der Waals surface area contributed by atoms with Gasteiger partial charge in [0, 0.05) is 4.47 Å². The van der Waals surface area contributed by atoms with Crippen LogP contribution in [0, 0.1) is 3.57 Å². The molecule has 194 valence electrons. The van der Waals surface area contributed by atoms with Crippen LogP contribution in [0.5, 0.6) is 11.5 Å². The van der Waals surface area contributed by atoms with Crippen molar-refractivity contribution in [2.24, 2.45) is 5.10 Å². The normalized spacial score (nSPS) is 11.6. The molecule has 37 heavy (non-hydrogen) atoms. The second-order valence-electron chi connectivity index (χ2n) is 7.77. The summed E-state index contributed by atoms with van der Waals surface area (Å²) in [7, 11) is 1.57. The fourth-order valence-corrected chi connectivity index (χ4v) is 4.40. The molecule has 8 nitrogen and oxygen atoms in total. The van der Waals surface area contributed by atoms with Crippen molar-refractivity contribution < 1.29 is 23.8 Å². The second kappa shape index (κ2) is 14.6. The van der Waals surface area contributed by atoms with E-state index in [1.807, 2.05) is 60.7 Å². The summed E-state index contributed by atoms with van der Waals surface area (Å²) in [5.74, 6) is 0.820. The first kappa shape index (κ1) is 28.5. The number of hydrogen-bond donors (Lipinski definition) is 2. The quantitative estimate of drug-likeness (QED) is 0.148. The molecular formula is C27H27BrIN3O5. The number of alkyl carbamates (subject to hydrolysis) is 1. The van der Waals surface area contributed by atoms with E-state index in [0.717, 1.165) is 24.7 Å². The Kier molecular flexibility index (Phi) is 11.2. The maximum Gasteiger partial charge on any atom is 0.407 e. The van der Waals surface area contributed by atoms with Gasteiger partial charge in [-0.25, -0.2) is 10.2 Å². The molecule has 0 spiro atoms. The lowest BCUT2D eigenvalue weighted by molar-refractivity contribution is -0.121. The molecule has 0 bridgehead atoms. The fraction of sp³-hybridized carbons (Fsp3) is 0.222. The SMILES string of the molecule is CCOC(=O)N[C@H](CC(=O)N/N=C\c1cc(I)c(OCc2ccc(Br)cc2)c(OC)c1)c1ccccc1. The lowest BCUT2D eigenvalue weighted by Crippen LogP contribution is -2.33. The lowest BCUT2D eigenvalue weighted by Gasteiger charge is -2.18. The van der Waals surface area contributed by atoms with Gasteiger partial charge in [-0.1, -0.05) is 58.4 Å². The standard InChI is InChI=1S/C27H27BrIN3O5/c1-3-36-27(34)31-23(20-7-5-4-6-8-20)15-25(33)32-30-16-19-13-22(29)26(24(14-19)35-2)37-17-18-9-11-21(28)12-10-18/h4-14,16,23H,3,15,17H2,1-2H3,(H,31,34)(H,32,33)/b30-16-/t23-/m1/s1. The molecule has 0 aliphatic rings. The summed E-state index contributed by atoms with van der Waals surface area (Å²) < 4.78 is 18.3. The number of benzene rings is 3. The first-order valence-electron chi connectivity index (χ1n) is 11.4. The number of rotatable bonds is 11. The Bertz CT molecular complexity index is 1220. The van der Waals surface area contributed by atoms with Crippen LogP contribution < -0.4 is 20.2 Å². The van der Waals surface area contributed by atoms with Crippen LogP contribution in [0.1, 0.15) is 36.1 Å².